The minimum atomic E-state index is -1.03. The third-order valence-electron chi connectivity index (χ3n) is 1.35. The van der Waals surface area contributed by atoms with Gasteiger partial charge in [-0.3, -0.25) is 0 Å². The molecular formula is C7H6O3SSi. The van der Waals surface area contributed by atoms with E-state index in [9.17, 15) is 4.79 Å². The van der Waals surface area contributed by atoms with Gasteiger partial charge < -0.3 is 9.90 Å². The Labute approximate surface area is 77.4 Å². The molecule has 1 rings (SSSR count). The lowest BCUT2D eigenvalue weighted by atomic mass is 10.2. The normalized spacial score (nSPS) is 9.83. The molecule has 0 fully saturated rings. The monoisotopic (exact) mass is 198 g/mol. The Morgan fingerprint density at radius 1 is 1.50 bits per heavy atom. The lowest BCUT2D eigenvalue weighted by Crippen LogP contribution is -2.22. The minimum Gasteiger partial charge on any atom is -0.478 e. The maximum Gasteiger partial charge on any atom is 0.335 e. The molecule has 62 valence electrons. The first-order valence-corrected chi connectivity index (χ1v) is 4.51. The van der Waals surface area contributed by atoms with E-state index in [0.29, 0.717) is 10.1 Å². The molecule has 0 heterocycles. The van der Waals surface area contributed by atoms with Crippen LogP contribution in [0.3, 0.4) is 0 Å². The van der Waals surface area contributed by atoms with Crippen LogP contribution in [0.15, 0.2) is 23.1 Å². The van der Waals surface area contributed by atoms with Gasteiger partial charge in [-0.15, -0.1) is 12.6 Å². The van der Waals surface area contributed by atoms with Gasteiger partial charge in [-0.2, -0.15) is 0 Å². The van der Waals surface area contributed by atoms with Crippen molar-refractivity contribution in [1.29, 1.82) is 0 Å². The molecule has 0 aliphatic carbocycles. The van der Waals surface area contributed by atoms with Crippen LogP contribution in [0.4, 0.5) is 0 Å². The second-order valence-corrected chi connectivity index (χ2v) is 3.43. The van der Waals surface area contributed by atoms with Gasteiger partial charge in [-0.1, -0.05) is 0 Å². The zero-order chi connectivity index (χ0) is 9.14. The van der Waals surface area contributed by atoms with Crippen molar-refractivity contribution in [3.63, 3.8) is 0 Å². The summed E-state index contributed by atoms with van der Waals surface area (Å²) >= 11 is 4.02. The van der Waals surface area contributed by atoms with Gasteiger partial charge in [0.1, 0.15) is 0 Å². The fourth-order valence-corrected chi connectivity index (χ4v) is 1.67. The summed E-state index contributed by atoms with van der Waals surface area (Å²) in [6.07, 6.45) is 0. The van der Waals surface area contributed by atoms with Crippen LogP contribution in [-0.2, 0) is 0 Å². The maximum atomic E-state index is 10.6. The van der Waals surface area contributed by atoms with Gasteiger partial charge in [-0.25, -0.2) is 4.79 Å². The molecule has 1 aromatic rings. The molecule has 2 N–H and O–H groups in total. The zero-order valence-corrected chi connectivity index (χ0v) is 7.88. The Hall–Kier alpha value is -0.783. The van der Waals surface area contributed by atoms with E-state index < -0.39 is 15.7 Å². The summed E-state index contributed by atoms with van der Waals surface area (Å²) in [7, 11) is -0.512. The summed E-state index contributed by atoms with van der Waals surface area (Å²) in [6.45, 7) is 0. The topological polar surface area (TPSA) is 57.5 Å². The maximum absolute atomic E-state index is 10.6. The average Bonchev–Trinajstić information content (AvgIpc) is 2.03. The lowest BCUT2D eigenvalue weighted by molar-refractivity contribution is 0.0698. The molecular weight excluding hydrogens is 192 g/mol. The van der Waals surface area contributed by atoms with E-state index in [1.54, 1.807) is 12.1 Å². The Balaban J connectivity index is 3.20. The van der Waals surface area contributed by atoms with Gasteiger partial charge in [0.25, 0.3) is 9.76 Å². The highest BCUT2D eigenvalue weighted by Crippen LogP contribution is 2.05. The third-order valence-corrected chi connectivity index (χ3v) is 2.29. The summed E-state index contributed by atoms with van der Waals surface area (Å²) in [4.78, 5) is 20.0. The van der Waals surface area contributed by atoms with Crippen molar-refractivity contribution in [2.24, 2.45) is 0 Å². The fourth-order valence-electron chi connectivity index (χ4n) is 0.811. The third kappa shape index (κ3) is 1.88. The number of rotatable bonds is 2. The van der Waals surface area contributed by atoms with Crippen LogP contribution in [-0.4, -0.2) is 25.6 Å². The SMILES string of the molecule is O=C(O)c1ccc(S)cc1[Si]O. The molecule has 0 aromatic heterocycles. The van der Waals surface area contributed by atoms with Crippen LogP contribution < -0.4 is 5.19 Å². The van der Waals surface area contributed by atoms with Crippen LogP contribution >= 0.6 is 12.6 Å². The van der Waals surface area contributed by atoms with Crippen LogP contribution in [0.1, 0.15) is 10.4 Å². The first-order chi connectivity index (χ1) is 5.65. The van der Waals surface area contributed by atoms with Crippen molar-refractivity contribution >= 4 is 33.5 Å². The molecule has 5 heteroatoms. The number of hydrogen-bond acceptors (Lipinski definition) is 3. The average molecular weight is 198 g/mol. The molecule has 0 aliphatic heterocycles. The molecule has 0 aliphatic rings. The number of carboxylic acids is 1. The minimum absolute atomic E-state index is 0.133. The van der Waals surface area contributed by atoms with Gasteiger partial charge in [0.15, 0.2) is 0 Å². The lowest BCUT2D eigenvalue weighted by Gasteiger charge is -2.01. The largest absolute Gasteiger partial charge is 0.478 e. The molecule has 0 amide bonds. The van der Waals surface area contributed by atoms with Crippen molar-refractivity contribution < 1.29 is 14.7 Å². The van der Waals surface area contributed by atoms with E-state index in [1.807, 2.05) is 0 Å². The van der Waals surface area contributed by atoms with E-state index >= 15 is 0 Å². The van der Waals surface area contributed by atoms with E-state index in [4.69, 9.17) is 9.90 Å². The molecule has 12 heavy (non-hydrogen) atoms. The van der Waals surface area contributed by atoms with E-state index in [0.717, 1.165) is 0 Å². The molecule has 0 unspecified atom stereocenters. The molecule has 1 aromatic carbocycles. The number of thiol groups is 1. The number of benzene rings is 1. The fraction of sp³-hybridized carbons (Fsp3) is 0. The summed E-state index contributed by atoms with van der Waals surface area (Å²) in [5.74, 6) is -1.03. The molecule has 0 atom stereocenters. The molecule has 0 saturated heterocycles. The van der Waals surface area contributed by atoms with Gasteiger partial charge in [0.2, 0.25) is 0 Å². The van der Waals surface area contributed by atoms with Gasteiger partial charge in [0.05, 0.1) is 5.56 Å². The highest BCUT2D eigenvalue weighted by molar-refractivity contribution is 7.80. The Morgan fingerprint density at radius 2 is 2.17 bits per heavy atom. The summed E-state index contributed by atoms with van der Waals surface area (Å²) in [6, 6.07) is 4.56. The number of hydrogen-bond donors (Lipinski definition) is 3. The van der Waals surface area contributed by atoms with E-state index in [1.165, 1.54) is 6.07 Å². The first kappa shape index (κ1) is 9.31. The van der Waals surface area contributed by atoms with E-state index in [-0.39, 0.29) is 5.56 Å². The number of aromatic carboxylic acids is 1. The van der Waals surface area contributed by atoms with Crippen molar-refractivity contribution in [3.8, 4) is 0 Å². The molecule has 3 nitrogen and oxygen atoms in total. The predicted molar refractivity (Wildman–Crippen MR) is 48.3 cm³/mol. The smallest absolute Gasteiger partial charge is 0.335 e. The molecule has 0 saturated carbocycles. The van der Waals surface area contributed by atoms with Crippen molar-refractivity contribution in [1.82, 2.24) is 0 Å². The summed E-state index contributed by atoms with van der Waals surface area (Å²) in [5, 5.41) is 9.07. The van der Waals surface area contributed by atoms with Crippen molar-refractivity contribution in [2.75, 3.05) is 0 Å². The molecule has 2 radical (unpaired) electrons. The quantitative estimate of drug-likeness (QED) is 0.460. The first-order valence-electron chi connectivity index (χ1n) is 3.11. The number of carboxylic acid groups (broad SMARTS) is 1. The summed E-state index contributed by atoms with van der Waals surface area (Å²) in [5.41, 5.74) is 0.133. The van der Waals surface area contributed by atoms with Gasteiger partial charge >= 0.3 is 5.97 Å². The summed E-state index contributed by atoms with van der Waals surface area (Å²) < 4.78 is 0. The van der Waals surface area contributed by atoms with Crippen molar-refractivity contribution in [3.05, 3.63) is 23.8 Å². The van der Waals surface area contributed by atoms with Gasteiger partial charge in [0, 0.05) is 4.90 Å². The highest BCUT2D eigenvalue weighted by Gasteiger charge is 2.09. The van der Waals surface area contributed by atoms with Crippen LogP contribution in [0, 0.1) is 0 Å². The predicted octanol–water partition coefficient (Wildman–Crippen LogP) is -0.0897. The van der Waals surface area contributed by atoms with Gasteiger partial charge in [-0.05, 0) is 23.4 Å². The highest BCUT2D eigenvalue weighted by atomic mass is 32.1. The second kappa shape index (κ2) is 3.75. The molecule has 0 spiro atoms. The molecule has 0 bridgehead atoms. The van der Waals surface area contributed by atoms with E-state index in [2.05, 4.69) is 12.6 Å². The zero-order valence-electron chi connectivity index (χ0n) is 5.98. The van der Waals surface area contributed by atoms with Crippen LogP contribution in [0.2, 0.25) is 0 Å². The number of carbonyl (C=O) groups is 1. The van der Waals surface area contributed by atoms with Crippen LogP contribution in [0.5, 0.6) is 0 Å². The standard InChI is InChI=1S/C7H6O3SSi/c8-7(9)5-2-1-4(11)3-6(5)12-10/h1-3,10-11H,(H,8,9). The Kier molecular flexibility index (Phi) is 2.91. The second-order valence-electron chi connectivity index (χ2n) is 2.15. The Morgan fingerprint density at radius 3 is 2.67 bits per heavy atom. The van der Waals surface area contributed by atoms with Crippen molar-refractivity contribution in [2.45, 2.75) is 4.90 Å². The van der Waals surface area contributed by atoms with Crippen LogP contribution in [0.25, 0.3) is 0 Å². The Bertz CT molecular complexity index is 314.